The largest absolute Gasteiger partial charge is 0.350 e. The van der Waals surface area contributed by atoms with Crippen LogP contribution in [0.1, 0.15) is 21.5 Å². The van der Waals surface area contributed by atoms with Crippen LogP contribution in [0.3, 0.4) is 0 Å². The maximum atomic E-state index is 12.7. The molecule has 0 spiro atoms. The molecule has 0 aliphatic carbocycles. The predicted molar refractivity (Wildman–Crippen MR) is 98.3 cm³/mol. The SMILES string of the molecule is Cc1ccc2c(C(=O)[C@@H](C#N)C(=O)NCc3ccccc3)csc2c1. The van der Waals surface area contributed by atoms with Gasteiger partial charge in [-0.2, -0.15) is 5.26 Å². The molecule has 1 atom stereocenters. The number of hydrogen-bond donors (Lipinski definition) is 1. The van der Waals surface area contributed by atoms with E-state index in [9.17, 15) is 14.9 Å². The number of thiophene rings is 1. The van der Waals surface area contributed by atoms with Crippen molar-refractivity contribution in [3.8, 4) is 6.07 Å². The van der Waals surface area contributed by atoms with Crippen molar-refractivity contribution in [1.82, 2.24) is 5.32 Å². The van der Waals surface area contributed by atoms with Crippen molar-refractivity contribution >= 4 is 33.1 Å². The summed E-state index contributed by atoms with van der Waals surface area (Å²) in [5.41, 5.74) is 2.45. The number of nitriles is 1. The van der Waals surface area contributed by atoms with Gasteiger partial charge in [0.15, 0.2) is 11.7 Å². The van der Waals surface area contributed by atoms with Crippen molar-refractivity contribution in [2.75, 3.05) is 0 Å². The fourth-order valence-corrected chi connectivity index (χ4v) is 3.65. The molecule has 1 aromatic heterocycles. The zero-order valence-electron chi connectivity index (χ0n) is 13.7. The molecule has 0 fully saturated rings. The first kappa shape index (κ1) is 16.9. The fourth-order valence-electron chi connectivity index (χ4n) is 2.61. The second kappa shape index (κ2) is 7.29. The number of rotatable bonds is 5. The summed E-state index contributed by atoms with van der Waals surface area (Å²) in [5, 5.41) is 14.5. The van der Waals surface area contributed by atoms with Crippen molar-refractivity contribution in [3.63, 3.8) is 0 Å². The molecule has 0 unspecified atom stereocenters. The molecule has 0 radical (unpaired) electrons. The number of benzene rings is 2. The first-order valence-electron chi connectivity index (χ1n) is 7.83. The fraction of sp³-hybridized carbons (Fsp3) is 0.150. The second-order valence-electron chi connectivity index (χ2n) is 5.78. The highest BCUT2D eigenvalue weighted by molar-refractivity contribution is 7.17. The van der Waals surface area contributed by atoms with Gasteiger partial charge in [0.25, 0.3) is 0 Å². The van der Waals surface area contributed by atoms with E-state index in [4.69, 9.17) is 0 Å². The lowest BCUT2D eigenvalue weighted by atomic mass is 9.97. The van der Waals surface area contributed by atoms with Crippen molar-refractivity contribution in [2.45, 2.75) is 13.5 Å². The lowest BCUT2D eigenvalue weighted by Gasteiger charge is -2.09. The second-order valence-corrected chi connectivity index (χ2v) is 6.69. The van der Waals surface area contributed by atoms with Gasteiger partial charge < -0.3 is 5.32 Å². The van der Waals surface area contributed by atoms with Crippen LogP contribution in [-0.4, -0.2) is 11.7 Å². The van der Waals surface area contributed by atoms with Gasteiger partial charge in [-0.05, 0) is 24.1 Å². The Bertz CT molecular complexity index is 970. The van der Waals surface area contributed by atoms with Gasteiger partial charge in [-0.1, -0.05) is 42.5 Å². The van der Waals surface area contributed by atoms with E-state index >= 15 is 0 Å². The van der Waals surface area contributed by atoms with Gasteiger partial charge in [0.1, 0.15) is 0 Å². The van der Waals surface area contributed by atoms with Gasteiger partial charge in [0, 0.05) is 27.6 Å². The highest BCUT2D eigenvalue weighted by Gasteiger charge is 2.29. The molecule has 124 valence electrons. The molecular weight excluding hydrogens is 332 g/mol. The molecule has 0 bridgehead atoms. The Labute approximate surface area is 149 Å². The Hall–Kier alpha value is -2.97. The van der Waals surface area contributed by atoms with Crippen LogP contribution < -0.4 is 5.32 Å². The molecule has 1 N–H and O–H groups in total. The molecule has 3 aromatic rings. The van der Waals surface area contributed by atoms with Crippen molar-refractivity contribution in [2.24, 2.45) is 5.92 Å². The van der Waals surface area contributed by atoms with E-state index in [2.05, 4.69) is 5.32 Å². The van der Waals surface area contributed by atoms with Gasteiger partial charge in [0.05, 0.1) is 6.07 Å². The standard InChI is InChI=1S/C20H16N2O2S/c1-13-7-8-15-17(12-25-18(15)9-13)19(23)16(10-21)20(24)22-11-14-5-3-2-4-6-14/h2-9,12,16H,11H2,1H3,(H,22,24)/t16-/m1/s1. The molecule has 1 heterocycles. The van der Waals surface area contributed by atoms with Crippen LogP contribution in [0.25, 0.3) is 10.1 Å². The highest BCUT2D eigenvalue weighted by atomic mass is 32.1. The smallest absolute Gasteiger partial charge is 0.245 e. The summed E-state index contributed by atoms with van der Waals surface area (Å²) in [4.78, 5) is 25.0. The van der Waals surface area contributed by atoms with Crippen molar-refractivity contribution in [1.29, 1.82) is 5.26 Å². The summed E-state index contributed by atoms with van der Waals surface area (Å²) >= 11 is 1.44. The Kier molecular flexibility index (Phi) is 4.92. The summed E-state index contributed by atoms with van der Waals surface area (Å²) < 4.78 is 0.977. The average molecular weight is 348 g/mol. The zero-order chi connectivity index (χ0) is 17.8. The molecule has 25 heavy (non-hydrogen) atoms. The molecule has 4 nitrogen and oxygen atoms in total. The number of nitrogens with one attached hydrogen (secondary N) is 1. The first-order chi connectivity index (χ1) is 12.1. The Balaban J connectivity index is 1.78. The van der Waals surface area contributed by atoms with E-state index in [-0.39, 0.29) is 6.54 Å². The molecule has 5 heteroatoms. The Morgan fingerprint density at radius 2 is 1.96 bits per heavy atom. The number of fused-ring (bicyclic) bond motifs is 1. The number of aryl methyl sites for hydroxylation is 1. The summed E-state index contributed by atoms with van der Waals surface area (Å²) in [6, 6.07) is 17.0. The van der Waals surface area contributed by atoms with Crippen molar-refractivity contribution in [3.05, 3.63) is 70.6 Å². The number of carbonyl (C=O) groups is 2. The van der Waals surface area contributed by atoms with Crippen LogP contribution in [-0.2, 0) is 11.3 Å². The van der Waals surface area contributed by atoms with E-state index in [0.29, 0.717) is 5.56 Å². The van der Waals surface area contributed by atoms with Crippen LogP contribution in [0.5, 0.6) is 0 Å². The normalized spacial score (nSPS) is 11.7. The summed E-state index contributed by atoms with van der Waals surface area (Å²) in [6.45, 7) is 2.27. The first-order valence-corrected chi connectivity index (χ1v) is 8.71. The molecule has 0 saturated carbocycles. The van der Waals surface area contributed by atoms with Crippen LogP contribution in [0.4, 0.5) is 0 Å². The summed E-state index contributed by atoms with van der Waals surface area (Å²) in [5.74, 6) is -2.37. The topological polar surface area (TPSA) is 70.0 Å². The van der Waals surface area contributed by atoms with Crippen LogP contribution >= 0.6 is 11.3 Å². The Morgan fingerprint density at radius 3 is 2.68 bits per heavy atom. The van der Waals surface area contributed by atoms with Gasteiger partial charge in [-0.3, -0.25) is 9.59 Å². The monoisotopic (exact) mass is 348 g/mol. The third-order valence-corrected chi connectivity index (χ3v) is 4.90. The highest BCUT2D eigenvalue weighted by Crippen LogP contribution is 2.28. The quantitative estimate of drug-likeness (QED) is 0.562. The third-order valence-electron chi connectivity index (χ3n) is 3.96. The zero-order valence-corrected chi connectivity index (χ0v) is 14.5. The van der Waals surface area contributed by atoms with Crippen LogP contribution in [0.15, 0.2) is 53.9 Å². The van der Waals surface area contributed by atoms with E-state index in [1.807, 2.05) is 61.5 Å². The molecule has 1 amide bonds. The minimum Gasteiger partial charge on any atom is -0.350 e. The number of hydrogen-bond acceptors (Lipinski definition) is 4. The van der Waals surface area contributed by atoms with Gasteiger partial charge in [0.2, 0.25) is 5.91 Å². The van der Waals surface area contributed by atoms with Gasteiger partial charge in [-0.25, -0.2) is 0 Å². The number of nitrogens with zero attached hydrogens (tertiary/aromatic N) is 1. The maximum Gasteiger partial charge on any atom is 0.245 e. The average Bonchev–Trinajstić information content (AvgIpc) is 3.04. The third kappa shape index (κ3) is 3.59. The summed E-state index contributed by atoms with van der Waals surface area (Å²) in [7, 11) is 0. The Morgan fingerprint density at radius 1 is 1.20 bits per heavy atom. The van der Waals surface area contributed by atoms with E-state index in [0.717, 1.165) is 21.2 Å². The molecule has 0 aliphatic rings. The van der Waals surface area contributed by atoms with Crippen molar-refractivity contribution < 1.29 is 9.59 Å². The number of amides is 1. The number of ketones is 1. The van der Waals surface area contributed by atoms with Gasteiger partial charge in [-0.15, -0.1) is 11.3 Å². The van der Waals surface area contributed by atoms with E-state index in [1.54, 1.807) is 5.38 Å². The van der Waals surface area contributed by atoms with E-state index < -0.39 is 17.6 Å². The molecule has 0 aliphatic heterocycles. The lowest BCUT2D eigenvalue weighted by molar-refractivity contribution is -0.122. The van der Waals surface area contributed by atoms with Crippen LogP contribution in [0.2, 0.25) is 0 Å². The predicted octanol–water partition coefficient (Wildman–Crippen LogP) is 3.85. The molecule has 2 aromatic carbocycles. The van der Waals surface area contributed by atoms with E-state index in [1.165, 1.54) is 11.3 Å². The molecule has 0 saturated heterocycles. The maximum absolute atomic E-state index is 12.7. The minimum atomic E-state index is -1.34. The molecular formula is C20H16N2O2S. The number of Topliss-reactive ketones (excluding diaryl/α,β-unsaturated/α-hetero) is 1. The van der Waals surface area contributed by atoms with Gasteiger partial charge >= 0.3 is 0 Å². The molecule has 3 rings (SSSR count). The van der Waals surface area contributed by atoms with Crippen LogP contribution in [0, 0.1) is 24.2 Å². The lowest BCUT2D eigenvalue weighted by Crippen LogP contribution is -2.34. The number of carbonyl (C=O) groups excluding carboxylic acids is 2. The minimum absolute atomic E-state index is 0.286. The summed E-state index contributed by atoms with van der Waals surface area (Å²) in [6.07, 6.45) is 0.